The van der Waals surface area contributed by atoms with Crippen LogP contribution in [0.3, 0.4) is 0 Å². The van der Waals surface area contributed by atoms with E-state index in [9.17, 15) is 9.90 Å². The number of hydrogen-bond donors (Lipinski definition) is 2. The zero-order valence-electron chi connectivity index (χ0n) is 10.8. The number of rotatable bonds is 6. The fraction of sp³-hybridized carbons (Fsp3) is 0.333. The summed E-state index contributed by atoms with van der Waals surface area (Å²) in [6.07, 6.45) is 8.69. The molecule has 0 spiro atoms. The highest BCUT2D eigenvalue weighted by molar-refractivity contribution is 5.20. The van der Waals surface area contributed by atoms with Crippen molar-refractivity contribution in [3.05, 3.63) is 58.3 Å². The molecular weight excluding hydrogens is 240 g/mol. The molecule has 0 aliphatic heterocycles. The van der Waals surface area contributed by atoms with Gasteiger partial charge in [-0.25, -0.2) is 0 Å². The van der Waals surface area contributed by atoms with Gasteiger partial charge in [0.1, 0.15) is 5.75 Å². The standard InChI is InChI=1S/C15H18N2O2/c18-14-10-13(17-15(19)11-14)5-3-1-2-4-12-6-8-16-9-7-12/h6-11H,1-5H2,(H2,17,18,19). The minimum Gasteiger partial charge on any atom is -0.508 e. The van der Waals surface area contributed by atoms with Gasteiger partial charge in [-0.3, -0.25) is 9.78 Å². The first kappa shape index (κ1) is 13.3. The molecule has 2 heterocycles. The van der Waals surface area contributed by atoms with Crippen molar-refractivity contribution in [2.24, 2.45) is 0 Å². The van der Waals surface area contributed by atoms with Crippen LogP contribution in [0.4, 0.5) is 0 Å². The second-order valence-electron chi connectivity index (χ2n) is 4.64. The van der Waals surface area contributed by atoms with E-state index in [2.05, 4.69) is 9.97 Å². The topological polar surface area (TPSA) is 66.0 Å². The third-order valence-electron chi connectivity index (χ3n) is 3.05. The molecule has 0 bridgehead atoms. The van der Waals surface area contributed by atoms with E-state index in [1.165, 1.54) is 11.6 Å². The van der Waals surface area contributed by atoms with Gasteiger partial charge in [-0.15, -0.1) is 0 Å². The molecule has 0 radical (unpaired) electrons. The number of nitrogens with zero attached hydrogens (tertiary/aromatic N) is 1. The van der Waals surface area contributed by atoms with Gasteiger partial charge in [-0.1, -0.05) is 6.42 Å². The average Bonchev–Trinajstić information content (AvgIpc) is 2.38. The Hall–Kier alpha value is -2.10. The number of pyridine rings is 2. The molecule has 100 valence electrons. The van der Waals surface area contributed by atoms with E-state index in [1.807, 2.05) is 24.5 Å². The van der Waals surface area contributed by atoms with Gasteiger partial charge in [0.05, 0.1) is 0 Å². The van der Waals surface area contributed by atoms with Gasteiger partial charge >= 0.3 is 0 Å². The van der Waals surface area contributed by atoms with Gasteiger partial charge in [-0.2, -0.15) is 0 Å². The Labute approximate surface area is 112 Å². The Morgan fingerprint density at radius 3 is 2.53 bits per heavy atom. The van der Waals surface area contributed by atoms with Crippen molar-refractivity contribution < 1.29 is 5.11 Å². The highest BCUT2D eigenvalue weighted by Gasteiger charge is 1.99. The van der Waals surface area contributed by atoms with Crippen LogP contribution in [-0.2, 0) is 12.8 Å². The van der Waals surface area contributed by atoms with Crippen molar-refractivity contribution in [1.82, 2.24) is 9.97 Å². The number of hydrogen-bond acceptors (Lipinski definition) is 3. The number of H-pyrrole nitrogens is 1. The van der Waals surface area contributed by atoms with E-state index in [0.717, 1.165) is 37.8 Å². The number of aromatic hydroxyl groups is 1. The van der Waals surface area contributed by atoms with Crippen LogP contribution in [0.15, 0.2) is 41.5 Å². The van der Waals surface area contributed by atoms with E-state index < -0.39 is 0 Å². The van der Waals surface area contributed by atoms with E-state index >= 15 is 0 Å². The number of aryl methyl sites for hydroxylation is 2. The van der Waals surface area contributed by atoms with Gasteiger partial charge in [0, 0.05) is 24.2 Å². The van der Waals surface area contributed by atoms with Crippen molar-refractivity contribution >= 4 is 0 Å². The Morgan fingerprint density at radius 1 is 1.05 bits per heavy atom. The van der Waals surface area contributed by atoms with E-state index in [1.54, 1.807) is 6.07 Å². The summed E-state index contributed by atoms with van der Waals surface area (Å²) in [6.45, 7) is 0. The quantitative estimate of drug-likeness (QED) is 0.782. The molecule has 2 rings (SSSR count). The summed E-state index contributed by atoms with van der Waals surface area (Å²) < 4.78 is 0. The summed E-state index contributed by atoms with van der Waals surface area (Å²) in [5.74, 6) is 0.0375. The monoisotopic (exact) mass is 258 g/mol. The third kappa shape index (κ3) is 4.58. The summed E-state index contributed by atoms with van der Waals surface area (Å²) in [5, 5.41) is 9.32. The van der Waals surface area contributed by atoms with E-state index in [4.69, 9.17) is 0 Å². The van der Waals surface area contributed by atoms with E-state index in [0.29, 0.717) is 0 Å². The molecule has 0 saturated carbocycles. The minimum absolute atomic E-state index is 0.0375. The smallest absolute Gasteiger partial charge is 0.251 e. The maximum atomic E-state index is 11.2. The SMILES string of the molecule is O=c1cc(O)cc(CCCCCc2ccncc2)[nH]1. The third-order valence-corrected chi connectivity index (χ3v) is 3.05. The second kappa shape index (κ2) is 6.73. The molecular formula is C15H18N2O2. The van der Waals surface area contributed by atoms with Crippen LogP contribution in [0.2, 0.25) is 0 Å². The molecule has 0 aliphatic rings. The van der Waals surface area contributed by atoms with Crippen molar-refractivity contribution in [2.75, 3.05) is 0 Å². The Morgan fingerprint density at radius 2 is 1.79 bits per heavy atom. The largest absolute Gasteiger partial charge is 0.508 e. The molecule has 0 atom stereocenters. The fourth-order valence-corrected chi connectivity index (χ4v) is 2.09. The number of aromatic nitrogens is 2. The molecule has 0 amide bonds. The highest BCUT2D eigenvalue weighted by Crippen LogP contribution is 2.10. The van der Waals surface area contributed by atoms with Crippen LogP contribution in [0.1, 0.15) is 30.5 Å². The van der Waals surface area contributed by atoms with Crippen molar-refractivity contribution in [3.8, 4) is 5.75 Å². The first-order valence-electron chi connectivity index (χ1n) is 6.55. The first-order chi connectivity index (χ1) is 9.24. The predicted octanol–water partition coefficient (Wildman–Crippen LogP) is 2.43. The normalized spacial score (nSPS) is 10.5. The van der Waals surface area contributed by atoms with Crippen molar-refractivity contribution in [2.45, 2.75) is 32.1 Å². The van der Waals surface area contributed by atoms with Crippen LogP contribution in [0.5, 0.6) is 5.75 Å². The maximum absolute atomic E-state index is 11.2. The zero-order chi connectivity index (χ0) is 13.5. The van der Waals surface area contributed by atoms with Crippen LogP contribution < -0.4 is 5.56 Å². The summed E-state index contributed by atoms with van der Waals surface area (Å²) in [6, 6.07) is 6.87. The summed E-state index contributed by atoms with van der Waals surface area (Å²) in [4.78, 5) is 17.9. The summed E-state index contributed by atoms with van der Waals surface area (Å²) in [7, 11) is 0. The molecule has 2 N–H and O–H groups in total. The molecule has 2 aromatic rings. The van der Waals surface area contributed by atoms with Gasteiger partial charge in [-0.05, 0) is 49.4 Å². The number of nitrogens with one attached hydrogen (secondary N) is 1. The Bertz CT molecular complexity index is 564. The summed E-state index contributed by atoms with van der Waals surface area (Å²) in [5.41, 5.74) is 1.86. The summed E-state index contributed by atoms with van der Waals surface area (Å²) >= 11 is 0. The predicted molar refractivity (Wildman–Crippen MR) is 74.2 cm³/mol. The van der Waals surface area contributed by atoms with Gasteiger partial charge in [0.25, 0.3) is 5.56 Å². The first-order valence-corrected chi connectivity index (χ1v) is 6.55. The molecule has 2 aromatic heterocycles. The lowest BCUT2D eigenvalue weighted by Crippen LogP contribution is -2.06. The maximum Gasteiger partial charge on any atom is 0.251 e. The van der Waals surface area contributed by atoms with Gasteiger partial charge in [0.15, 0.2) is 0 Å². The molecule has 0 aliphatic carbocycles. The number of unbranched alkanes of at least 4 members (excludes halogenated alkanes) is 2. The molecule has 0 aromatic carbocycles. The van der Waals surface area contributed by atoms with E-state index in [-0.39, 0.29) is 11.3 Å². The zero-order valence-corrected chi connectivity index (χ0v) is 10.8. The molecule has 0 saturated heterocycles. The van der Waals surface area contributed by atoms with Crippen molar-refractivity contribution in [3.63, 3.8) is 0 Å². The highest BCUT2D eigenvalue weighted by atomic mass is 16.3. The number of aromatic amines is 1. The molecule has 19 heavy (non-hydrogen) atoms. The van der Waals surface area contributed by atoms with Crippen LogP contribution in [0, 0.1) is 0 Å². The molecule has 4 nitrogen and oxygen atoms in total. The Balaban J connectivity index is 1.71. The minimum atomic E-state index is -0.244. The van der Waals surface area contributed by atoms with Crippen LogP contribution in [-0.4, -0.2) is 15.1 Å². The molecule has 0 unspecified atom stereocenters. The average molecular weight is 258 g/mol. The van der Waals surface area contributed by atoms with Crippen LogP contribution in [0.25, 0.3) is 0 Å². The lowest BCUT2D eigenvalue weighted by Gasteiger charge is -2.03. The van der Waals surface area contributed by atoms with Gasteiger partial charge in [0.2, 0.25) is 0 Å². The molecule has 0 fully saturated rings. The van der Waals surface area contributed by atoms with Gasteiger partial charge < -0.3 is 10.1 Å². The second-order valence-corrected chi connectivity index (χ2v) is 4.64. The Kier molecular flexibility index (Phi) is 4.72. The fourth-order valence-electron chi connectivity index (χ4n) is 2.09. The lowest BCUT2D eigenvalue weighted by molar-refractivity contribution is 0.472. The van der Waals surface area contributed by atoms with Crippen LogP contribution >= 0.6 is 0 Å². The lowest BCUT2D eigenvalue weighted by atomic mass is 10.1. The van der Waals surface area contributed by atoms with Crippen molar-refractivity contribution in [1.29, 1.82) is 0 Å². The molecule has 4 heteroatoms.